The Morgan fingerprint density at radius 3 is 1.56 bits per heavy atom. The maximum absolute atomic E-state index is 10.9. The van der Waals surface area contributed by atoms with Gasteiger partial charge in [-0.1, -0.05) is 21.6 Å². The van der Waals surface area contributed by atoms with E-state index in [0.717, 1.165) is 24.6 Å². The fourth-order valence-corrected chi connectivity index (χ4v) is 2.82. The normalized spacial score (nSPS) is 10.1. The molecule has 0 atom stereocenters. The fraction of sp³-hybridized carbons (Fsp3) is 0.800. The third-order valence-electron chi connectivity index (χ3n) is 1.94. The van der Waals surface area contributed by atoms with Crippen molar-refractivity contribution in [2.24, 2.45) is 0 Å². The highest BCUT2D eigenvalue weighted by Crippen LogP contribution is 2.19. The quantitative estimate of drug-likeness (QED) is 0.290. The van der Waals surface area contributed by atoms with Gasteiger partial charge in [0.15, 0.2) is 0 Å². The smallest absolute Gasteiger partial charge is 0.233 e. The molecule has 18 heavy (non-hydrogen) atoms. The lowest BCUT2D eigenvalue weighted by molar-refractivity contribution is -0.120. The van der Waals surface area contributed by atoms with Gasteiger partial charge in [-0.2, -0.15) is 0 Å². The zero-order chi connectivity index (χ0) is 13.6. The van der Waals surface area contributed by atoms with Gasteiger partial charge in [-0.25, -0.2) is 0 Å². The summed E-state index contributed by atoms with van der Waals surface area (Å²) >= 11 is 0. The Morgan fingerprint density at radius 1 is 0.833 bits per heavy atom. The van der Waals surface area contributed by atoms with Crippen molar-refractivity contribution in [1.29, 1.82) is 0 Å². The van der Waals surface area contributed by atoms with Crippen LogP contribution in [0, 0.1) is 0 Å². The summed E-state index contributed by atoms with van der Waals surface area (Å²) in [5.41, 5.74) is 0. The maximum Gasteiger partial charge on any atom is 0.233 e. The predicted molar refractivity (Wildman–Crippen MR) is 78.8 cm³/mol. The van der Waals surface area contributed by atoms with Crippen molar-refractivity contribution in [2.45, 2.75) is 0 Å². The molecule has 0 saturated carbocycles. The Labute approximate surface area is 116 Å². The summed E-state index contributed by atoms with van der Waals surface area (Å²) in [6.45, 7) is 2.37. The number of rotatable bonds is 11. The van der Waals surface area contributed by atoms with Crippen LogP contribution in [-0.2, 0) is 9.59 Å². The fourth-order valence-electron chi connectivity index (χ4n) is 0.926. The van der Waals surface area contributed by atoms with Gasteiger partial charge >= 0.3 is 0 Å². The number of likely N-dealkylation sites (N-methyl/N-ethyl adjacent to an activating group) is 2. The van der Waals surface area contributed by atoms with Crippen molar-refractivity contribution < 1.29 is 9.59 Å². The molecule has 0 heterocycles. The molecule has 0 spiro atoms. The highest BCUT2D eigenvalue weighted by molar-refractivity contribution is 8.76. The first-order chi connectivity index (χ1) is 8.70. The van der Waals surface area contributed by atoms with Gasteiger partial charge in [0, 0.05) is 38.7 Å². The third-order valence-corrected chi connectivity index (χ3v) is 4.34. The summed E-state index contributed by atoms with van der Waals surface area (Å²) in [4.78, 5) is 21.7. The Balaban J connectivity index is 3.07. The molecule has 4 N–H and O–H groups in total. The molecule has 8 heteroatoms. The minimum atomic E-state index is 0.00561. The third kappa shape index (κ3) is 12.0. The van der Waals surface area contributed by atoms with E-state index in [4.69, 9.17) is 0 Å². The van der Waals surface area contributed by atoms with E-state index >= 15 is 0 Å². The van der Waals surface area contributed by atoms with Crippen LogP contribution in [0.25, 0.3) is 0 Å². The standard InChI is InChI=1S/C10H22N4O2S2/c1-11-9(15)7-13-3-5-17-18-6-4-14-8-10(16)12-2/h13-14H,3-8H2,1-2H3,(H,11,15)(H,12,16). The molecule has 2 amide bonds. The lowest BCUT2D eigenvalue weighted by atomic mass is 10.6. The van der Waals surface area contributed by atoms with E-state index < -0.39 is 0 Å². The van der Waals surface area contributed by atoms with Gasteiger partial charge in [0.1, 0.15) is 0 Å². The highest BCUT2D eigenvalue weighted by Gasteiger charge is 1.97. The Kier molecular flexibility index (Phi) is 12.7. The van der Waals surface area contributed by atoms with Crippen molar-refractivity contribution in [1.82, 2.24) is 21.3 Å². The van der Waals surface area contributed by atoms with Crippen LogP contribution >= 0.6 is 21.6 Å². The summed E-state index contributed by atoms with van der Waals surface area (Å²) in [5.74, 6) is 1.92. The first-order valence-corrected chi connectivity index (χ1v) is 8.26. The maximum atomic E-state index is 10.9. The van der Waals surface area contributed by atoms with E-state index in [9.17, 15) is 9.59 Å². The van der Waals surface area contributed by atoms with Crippen LogP contribution in [-0.4, -0.2) is 63.6 Å². The van der Waals surface area contributed by atoms with Gasteiger partial charge in [-0.15, -0.1) is 0 Å². The average Bonchev–Trinajstić information content (AvgIpc) is 2.40. The van der Waals surface area contributed by atoms with E-state index in [1.807, 2.05) is 0 Å². The summed E-state index contributed by atoms with van der Waals surface area (Å²) in [5, 5.41) is 11.2. The molecular formula is C10H22N4O2S2. The van der Waals surface area contributed by atoms with Gasteiger partial charge < -0.3 is 21.3 Å². The van der Waals surface area contributed by atoms with Crippen LogP contribution in [0.5, 0.6) is 0 Å². The average molecular weight is 294 g/mol. The van der Waals surface area contributed by atoms with Crippen molar-refractivity contribution in [3.05, 3.63) is 0 Å². The van der Waals surface area contributed by atoms with E-state index in [1.165, 1.54) is 0 Å². The predicted octanol–water partition coefficient (Wildman–Crippen LogP) is -0.961. The van der Waals surface area contributed by atoms with Gasteiger partial charge in [0.25, 0.3) is 0 Å². The van der Waals surface area contributed by atoms with Gasteiger partial charge in [-0.05, 0) is 0 Å². The molecule has 0 radical (unpaired) electrons. The second kappa shape index (κ2) is 13.0. The molecule has 0 bridgehead atoms. The van der Waals surface area contributed by atoms with Crippen molar-refractivity contribution in [3.63, 3.8) is 0 Å². The zero-order valence-corrected chi connectivity index (χ0v) is 12.5. The molecule has 0 fully saturated rings. The summed E-state index contributed by atoms with van der Waals surface area (Å²) in [7, 11) is 6.77. The van der Waals surface area contributed by atoms with E-state index in [-0.39, 0.29) is 11.8 Å². The zero-order valence-electron chi connectivity index (χ0n) is 10.9. The largest absolute Gasteiger partial charge is 0.358 e. The van der Waals surface area contributed by atoms with Gasteiger partial charge in [0.2, 0.25) is 11.8 Å². The molecule has 0 aromatic heterocycles. The number of hydrogen-bond acceptors (Lipinski definition) is 6. The van der Waals surface area contributed by atoms with Crippen LogP contribution in [0.3, 0.4) is 0 Å². The van der Waals surface area contributed by atoms with Crippen molar-refractivity contribution >= 4 is 33.4 Å². The highest BCUT2D eigenvalue weighted by atomic mass is 33.1. The molecule has 0 unspecified atom stereocenters. The number of nitrogens with one attached hydrogen (secondary N) is 4. The minimum Gasteiger partial charge on any atom is -0.358 e. The van der Waals surface area contributed by atoms with Gasteiger partial charge in [0.05, 0.1) is 13.1 Å². The molecule has 106 valence electrons. The molecule has 0 aromatic rings. The molecule has 0 aliphatic heterocycles. The molecule has 0 aliphatic rings. The molecular weight excluding hydrogens is 272 g/mol. The molecule has 0 aromatic carbocycles. The van der Waals surface area contributed by atoms with Crippen LogP contribution in [0.1, 0.15) is 0 Å². The van der Waals surface area contributed by atoms with Crippen LogP contribution in [0.2, 0.25) is 0 Å². The monoisotopic (exact) mass is 294 g/mol. The summed E-state index contributed by atoms with van der Waals surface area (Å²) < 4.78 is 0. The van der Waals surface area contributed by atoms with Crippen molar-refractivity contribution in [3.8, 4) is 0 Å². The molecule has 0 rings (SSSR count). The first kappa shape index (κ1) is 17.6. The van der Waals surface area contributed by atoms with E-state index in [2.05, 4.69) is 21.3 Å². The lowest BCUT2D eigenvalue weighted by Crippen LogP contribution is -2.32. The Bertz CT molecular complexity index is 218. The number of amides is 2. The van der Waals surface area contributed by atoms with Gasteiger partial charge in [-0.3, -0.25) is 9.59 Å². The van der Waals surface area contributed by atoms with Crippen LogP contribution < -0.4 is 21.3 Å². The molecule has 6 nitrogen and oxygen atoms in total. The second-order valence-corrected chi connectivity index (χ2v) is 6.05. The first-order valence-electron chi connectivity index (χ1n) is 5.77. The Morgan fingerprint density at radius 2 is 1.22 bits per heavy atom. The van der Waals surface area contributed by atoms with Crippen LogP contribution in [0.4, 0.5) is 0 Å². The summed E-state index contributed by atoms with van der Waals surface area (Å²) in [6.07, 6.45) is 0. The Hall–Kier alpha value is -0.440. The van der Waals surface area contributed by atoms with E-state index in [1.54, 1.807) is 35.7 Å². The SMILES string of the molecule is CNC(=O)CNCCSSCCNCC(=O)NC. The number of carbonyl (C=O) groups is 2. The molecule has 0 saturated heterocycles. The lowest BCUT2D eigenvalue weighted by Gasteiger charge is -2.04. The summed E-state index contributed by atoms with van der Waals surface area (Å²) in [6, 6.07) is 0. The van der Waals surface area contributed by atoms with E-state index in [0.29, 0.717) is 13.1 Å². The van der Waals surface area contributed by atoms with Crippen LogP contribution in [0.15, 0.2) is 0 Å². The second-order valence-electron chi connectivity index (χ2n) is 3.34. The number of hydrogen-bond donors (Lipinski definition) is 4. The topological polar surface area (TPSA) is 82.3 Å². The van der Waals surface area contributed by atoms with Crippen molar-refractivity contribution in [2.75, 3.05) is 51.8 Å². The molecule has 0 aliphatic carbocycles. The minimum absolute atomic E-state index is 0.00561. The number of carbonyl (C=O) groups excluding carboxylic acids is 2.